The molecule has 1 N–H and O–H groups in total. The van der Waals surface area contributed by atoms with Crippen molar-refractivity contribution in [2.45, 2.75) is 46.1 Å². The van der Waals surface area contributed by atoms with Crippen LogP contribution < -0.4 is 5.32 Å². The van der Waals surface area contributed by atoms with Gasteiger partial charge in [0, 0.05) is 26.2 Å². The zero-order valence-corrected chi connectivity index (χ0v) is 15.4. The Labute approximate surface area is 140 Å². The second kappa shape index (κ2) is 9.07. The minimum Gasteiger partial charge on any atom is -0.376 e. The van der Waals surface area contributed by atoms with E-state index in [1.165, 1.54) is 12.8 Å². The molecule has 0 aromatic carbocycles. The normalized spacial score (nSPS) is 31.1. The Balaban J connectivity index is 0.00000200. The fraction of sp³-hybridized carbons (Fsp3) is 0.933. The number of nitrogens with zero attached hydrogens (tertiary/aromatic N) is 2. The molecule has 2 aliphatic rings. The lowest BCUT2D eigenvalue weighted by molar-refractivity contribution is 0.117. The van der Waals surface area contributed by atoms with Crippen LogP contribution in [0, 0.1) is 11.8 Å². The van der Waals surface area contributed by atoms with Crippen LogP contribution in [0.2, 0.25) is 0 Å². The molecule has 0 amide bonds. The Bertz CT molecular complexity index is 295. The molecule has 3 atom stereocenters. The van der Waals surface area contributed by atoms with Gasteiger partial charge in [0.1, 0.15) is 0 Å². The average molecular weight is 395 g/mol. The predicted octanol–water partition coefficient (Wildman–Crippen LogP) is 2.73. The van der Waals surface area contributed by atoms with E-state index in [0.717, 1.165) is 57.0 Å². The molecular formula is C15H30IN3O. The molecule has 0 aromatic heterocycles. The molecule has 2 rings (SSSR count). The van der Waals surface area contributed by atoms with E-state index in [1.54, 1.807) is 0 Å². The van der Waals surface area contributed by atoms with E-state index in [1.807, 2.05) is 0 Å². The van der Waals surface area contributed by atoms with E-state index >= 15 is 0 Å². The van der Waals surface area contributed by atoms with Crippen molar-refractivity contribution < 1.29 is 4.74 Å². The number of nitrogens with one attached hydrogen (secondary N) is 1. The van der Waals surface area contributed by atoms with Gasteiger partial charge in [0.25, 0.3) is 0 Å². The Morgan fingerprint density at radius 3 is 2.55 bits per heavy atom. The molecule has 0 bridgehead atoms. The highest BCUT2D eigenvalue weighted by Crippen LogP contribution is 2.21. The molecule has 20 heavy (non-hydrogen) atoms. The van der Waals surface area contributed by atoms with Crippen LogP contribution in [0.4, 0.5) is 0 Å². The smallest absolute Gasteiger partial charge is 0.194 e. The van der Waals surface area contributed by atoms with Crippen molar-refractivity contribution in [2.75, 3.05) is 32.8 Å². The first-order valence-electron chi connectivity index (χ1n) is 7.84. The SMILES string of the molecule is CCNC(=NCC1CCCO1)N1CC(C)CC(C)C1.I. The zero-order chi connectivity index (χ0) is 13.7. The van der Waals surface area contributed by atoms with Crippen molar-refractivity contribution >= 4 is 29.9 Å². The van der Waals surface area contributed by atoms with Gasteiger partial charge >= 0.3 is 0 Å². The van der Waals surface area contributed by atoms with E-state index in [2.05, 4.69) is 31.0 Å². The maximum Gasteiger partial charge on any atom is 0.194 e. The van der Waals surface area contributed by atoms with E-state index in [9.17, 15) is 0 Å². The molecule has 5 heteroatoms. The molecule has 2 saturated heterocycles. The number of rotatable bonds is 3. The van der Waals surface area contributed by atoms with Gasteiger partial charge in [-0.05, 0) is 38.0 Å². The number of hydrogen-bond donors (Lipinski definition) is 1. The number of likely N-dealkylation sites (tertiary alicyclic amines) is 1. The van der Waals surface area contributed by atoms with Gasteiger partial charge in [-0.25, -0.2) is 0 Å². The third-order valence-corrected chi connectivity index (χ3v) is 3.97. The highest BCUT2D eigenvalue weighted by molar-refractivity contribution is 14.0. The van der Waals surface area contributed by atoms with Crippen LogP contribution in [-0.2, 0) is 4.74 Å². The number of aliphatic imine (C=N–C) groups is 1. The lowest BCUT2D eigenvalue weighted by Crippen LogP contribution is -2.48. The Hall–Kier alpha value is -0.0400. The van der Waals surface area contributed by atoms with Crippen molar-refractivity contribution in [3.8, 4) is 0 Å². The standard InChI is InChI=1S/C15H29N3O.HI/c1-4-16-15(17-9-14-6-5-7-19-14)18-10-12(2)8-13(3)11-18;/h12-14H,4-11H2,1-3H3,(H,16,17);1H. The molecule has 4 nitrogen and oxygen atoms in total. The molecule has 0 spiro atoms. The number of piperidine rings is 1. The van der Waals surface area contributed by atoms with Crippen LogP contribution in [0.1, 0.15) is 40.0 Å². The number of hydrogen-bond acceptors (Lipinski definition) is 2. The van der Waals surface area contributed by atoms with Crippen LogP contribution >= 0.6 is 24.0 Å². The molecule has 2 heterocycles. The van der Waals surface area contributed by atoms with Gasteiger partial charge in [0.15, 0.2) is 5.96 Å². The molecule has 0 aromatic rings. The molecule has 2 aliphatic heterocycles. The minimum absolute atomic E-state index is 0. The fourth-order valence-electron chi connectivity index (χ4n) is 3.24. The summed E-state index contributed by atoms with van der Waals surface area (Å²) in [5.74, 6) is 2.60. The molecule has 3 unspecified atom stereocenters. The van der Waals surface area contributed by atoms with E-state index < -0.39 is 0 Å². The Kier molecular flexibility index (Phi) is 8.17. The van der Waals surface area contributed by atoms with Crippen molar-refractivity contribution in [2.24, 2.45) is 16.8 Å². The van der Waals surface area contributed by atoms with Gasteiger partial charge < -0.3 is 15.0 Å². The fourth-order valence-corrected chi connectivity index (χ4v) is 3.24. The van der Waals surface area contributed by atoms with Gasteiger partial charge in [-0.3, -0.25) is 4.99 Å². The molecule has 0 aliphatic carbocycles. The third-order valence-electron chi connectivity index (χ3n) is 3.97. The summed E-state index contributed by atoms with van der Waals surface area (Å²) in [4.78, 5) is 7.22. The van der Waals surface area contributed by atoms with Crippen LogP contribution in [-0.4, -0.2) is 49.7 Å². The zero-order valence-electron chi connectivity index (χ0n) is 13.1. The second-order valence-electron chi connectivity index (χ2n) is 6.18. The summed E-state index contributed by atoms with van der Waals surface area (Å²) in [6.45, 7) is 11.7. The number of halogens is 1. The lowest BCUT2D eigenvalue weighted by atomic mass is 9.92. The van der Waals surface area contributed by atoms with Crippen molar-refractivity contribution in [3.05, 3.63) is 0 Å². The van der Waals surface area contributed by atoms with Crippen molar-refractivity contribution in [3.63, 3.8) is 0 Å². The molecule has 0 radical (unpaired) electrons. The molecule has 2 fully saturated rings. The largest absolute Gasteiger partial charge is 0.376 e. The molecule has 118 valence electrons. The topological polar surface area (TPSA) is 36.9 Å². The Morgan fingerprint density at radius 1 is 1.30 bits per heavy atom. The first-order chi connectivity index (χ1) is 9.19. The van der Waals surface area contributed by atoms with Gasteiger partial charge in [-0.15, -0.1) is 24.0 Å². The van der Waals surface area contributed by atoms with Crippen molar-refractivity contribution in [1.82, 2.24) is 10.2 Å². The van der Waals surface area contributed by atoms with E-state index in [4.69, 9.17) is 9.73 Å². The first-order valence-corrected chi connectivity index (χ1v) is 7.84. The van der Waals surface area contributed by atoms with Crippen LogP contribution in [0.15, 0.2) is 4.99 Å². The maximum atomic E-state index is 5.66. The minimum atomic E-state index is 0. The predicted molar refractivity (Wildman–Crippen MR) is 94.9 cm³/mol. The van der Waals surface area contributed by atoms with E-state index in [0.29, 0.717) is 6.10 Å². The quantitative estimate of drug-likeness (QED) is 0.454. The monoisotopic (exact) mass is 395 g/mol. The maximum absolute atomic E-state index is 5.66. The van der Waals surface area contributed by atoms with Crippen LogP contribution in [0.25, 0.3) is 0 Å². The summed E-state index contributed by atoms with van der Waals surface area (Å²) in [7, 11) is 0. The first kappa shape index (κ1) is 18.0. The second-order valence-corrected chi connectivity index (χ2v) is 6.18. The highest BCUT2D eigenvalue weighted by atomic mass is 127. The summed E-state index contributed by atoms with van der Waals surface area (Å²) >= 11 is 0. The Morgan fingerprint density at radius 2 is 2.00 bits per heavy atom. The lowest BCUT2D eigenvalue weighted by Gasteiger charge is -2.37. The third kappa shape index (κ3) is 5.39. The number of ether oxygens (including phenoxy) is 1. The van der Waals surface area contributed by atoms with Gasteiger partial charge in [0.05, 0.1) is 12.6 Å². The molecular weight excluding hydrogens is 365 g/mol. The van der Waals surface area contributed by atoms with Gasteiger partial charge in [-0.2, -0.15) is 0 Å². The van der Waals surface area contributed by atoms with E-state index in [-0.39, 0.29) is 24.0 Å². The summed E-state index contributed by atoms with van der Waals surface area (Å²) in [6, 6.07) is 0. The number of guanidine groups is 1. The summed E-state index contributed by atoms with van der Waals surface area (Å²) in [6.07, 6.45) is 4.03. The molecule has 0 saturated carbocycles. The highest BCUT2D eigenvalue weighted by Gasteiger charge is 2.24. The average Bonchev–Trinajstić information content (AvgIpc) is 2.86. The van der Waals surface area contributed by atoms with Crippen LogP contribution in [0.5, 0.6) is 0 Å². The van der Waals surface area contributed by atoms with Crippen LogP contribution in [0.3, 0.4) is 0 Å². The summed E-state index contributed by atoms with van der Waals surface area (Å²) < 4.78 is 5.66. The summed E-state index contributed by atoms with van der Waals surface area (Å²) in [5.41, 5.74) is 0. The van der Waals surface area contributed by atoms with Gasteiger partial charge in [-0.1, -0.05) is 13.8 Å². The van der Waals surface area contributed by atoms with Gasteiger partial charge in [0.2, 0.25) is 0 Å². The van der Waals surface area contributed by atoms with Crippen molar-refractivity contribution in [1.29, 1.82) is 0 Å². The summed E-state index contributed by atoms with van der Waals surface area (Å²) in [5, 5.41) is 3.44.